The van der Waals surface area contributed by atoms with E-state index in [9.17, 15) is 0 Å². The van der Waals surface area contributed by atoms with Crippen molar-refractivity contribution in [2.45, 2.75) is 31.7 Å². The van der Waals surface area contributed by atoms with Crippen LogP contribution in [0.15, 0.2) is 29.3 Å². The van der Waals surface area contributed by atoms with Gasteiger partial charge >= 0.3 is 0 Å². The molecule has 1 saturated carbocycles. The Bertz CT molecular complexity index is 458. The number of nitrogens with zero attached hydrogens (tertiary/aromatic N) is 2. The maximum Gasteiger partial charge on any atom is 0.193 e. The summed E-state index contributed by atoms with van der Waals surface area (Å²) in [5.74, 6) is 1.29. The quantitative estimate of drug-likeness (QED) is 0.424. The second kappa shape index (κ2) is 9.89. The number of methoxy groups -OCH3 is 1. The SMILES string of the molecule is COc1ccc(NC(N)=NCCN(C)C2CCCC2)cc1.I. The molecule has 0 atom stereocenters. The highest BCUT2D eigenvalue weighted by Crippen LogP contribution is 2.21. The first-order valence-corrected chi connectivity index (χ1v) is 7.60. The molecule has 0 saturated heterocycles. The van der Waals surface area contributed by atoms with Crippen LogP contribution in [0.2, 0.25) is 0 Å². The molecular formula is C16H27IN4O. The third-order valence-electron chi connectivity index (χ3n) is 4.05. The lowest BCUT2D eigenvalue weighted by Gasteiger charge is -2.22. The number of hydrogen-bond acceptors (Lipinski definition) is 3. The zero-order chi connectivity index (χ0) is 15.1. The Morgan fingerprint density at radius 3 is 2.55 bits per heavy atom. The van der Waals surface area contributed by atoms with Crippen LogP contribution in [0.1, 0.15) is 25.7 Å². The van der Waals surface area contributed by atoms with Gasteiger partial charge in [-0.3, -0.25) is 4.99 Å². The molecule has 1 aromatic carbocycles. The van der Waals surface area contributed by atoms with Gasteiger partial charge < -0.3 is 20.7 Å². The van der Waals surface area contributed by atoms with Crippen LogP contribution in [-0.4, -0.2) is 44.1 Å². The van der Waals surface area contributed by atoms with Crippen LogP contribution in [0.5, 0.6) is 5.75 Å². The summed E-state index contributed by atoms with van der Waals surface area (Å²) in [7, 11) is 3.83. The molecule has 0 heterocycles. The van der Waals surface area contributed by atoms with Crippen LogP contribution in [0.3, 0.4) is 0 Å². The summed E-state index contributed by atoms with van der Waals surface area (Å²) in [6, 6.07) is 8.36. The Kier molecular flexibility index (Phi) is 8.55. The van der Waals surface area contributed by atoms with Gasteiger partial charge in [0.05, 0.1) is 13.7 Å². The summed E-state index contributed by atoms with van der Waals surface area (Å²) < 4.78 is 5.12. The van der Waals surface area contributed by atoms with Gasteiger partial charge in [0, 0.05) is 18.3 Å². The number of likely N-dealkylation sites (N-methyl/N-ethyl adjacent to an activating group) is 1. The number of benzene rings is 1. The van der Waals surface area contributed by atoms with Crippen LogP contribution in [0.25, 0.3) is 0 Å². The first kappa shape index (κ1) is 19.0. The van der Waals surface area contributed by atoms with E-state index in [2.05, 4.69) is 22.3 Å². The number of hydrogen-bond donors (Lipinski definition) is 2. The van der Waals surface area contributed by atoms with E-state index in [4.69, 9.17) is 10.5 Å². The number of ether oxygens (including phenoxy) is 1. The molecule has 0 radical (unpaired) electrons. The Morgan fingerprint density at radius 2 is 1.95 bits per heavy atom. The minimum Gasteiger partial charge on any atom is -0.497 e. The molecule has 6 heteroatoms. The lowest BCUT2D eigenvalue weighted by Crippen LogP contribution is -2.32. The van der Waals surface area contributed by atoms with Gasteiger partial charge in [0.25, 0.3) is 0 Å². The predicted octanol–water partition coefficient (Wildman–Crippen LogP) is 2.91. The van der Waals surface area contributed by atoms with Crippen LogP contribution in [-0.2, 0) is 0 Å². The molecule has 1 aliphatic carbocycles. The summed E-state index contributed by atoms with van der Waals surface area (Å²) in [6.07, 6.45) is 5.36. The summed E-state index contributed by atoms with van der Waals surface area (Å²) in [6.45, 7) is 1.68. The fourth-order valence-electron chi connectivity index (χ4n) is 2.72. The minimum atomic E-state index is 0. The van der Waals surface area contributed by atoms with Crippen LogP contribution < -0.4 is 15.8 Å². The molecule has 0 unspecified atom stereocenters. The van der Waals surface area contributed by atoms with E-state index in [0.717, 1.165) is 30.6 Å². The van der Waals surface area contributed by atoms with E-state index in [1.165, 1.54) is 25.7 Å². The topological polar surface area (TPSA) is 62.9 Å². The number of anilines is 1. The largest absolute Gasteiger partial charge is 0.497 e. The normalized spacial score (nSPS) is 15.7. The first-order chi connectivity index (χ1) is 10.2. The van der Waals surface area contributed by atoms with Gasteiger partial charge in [0.15, 0.2) is 5.96 Å². The molecule has 5 nitrogen and oxygen atoms in total. The van der Waals surface area contributed by atoms with Crippen molar-refractivity contribution in [3.63, 3.8) is 0 Å². The van der Waals surface area contributed by atoms with Gasteiger partial charge in [-0.05, 0) is 44.2 Å². The van der Waals surface area contributed by atoms with Crippen molar-refractivity contribution in [3.8, 4) is 5.75 Å². The fraction of sp³-hybridized carbons (Fsp3) is 0.562. The maximum absolute atomic E-state index is 5.91. The number of rotatable bonds is 6. The number of nitrogens with two attached hydrogens (primary N) is 1. The smallest absolute Gasteiger partial charge is 0.193 e. The Balaban J connectivity index is 0.00000242. The molecule has 0 amide bonds. The number of halogens is 1. The number of nitrogens with one attached hydrogen (secondary N) is 1. The van der Waals surface area contributed by atoms with Crippen molar-refractivity contribution in [2.24, 2.45) is 10.7 Å². The van der Waals surface area contributed by atoms with Crippen molar-refractivity contribution >= 4 is 35.6 Å². The van der Waals surface area contributed by atoms with E-state index in [1.54, 1.807) is 7.11 Å². The van der Waals surface area contributed by atoms with Crippen LogP contribution >= 0.6 is 24.0 Å². The molecule has 1 aliphatic rings. The molecule has 0 bridgehead atoms. The highest BCUT2D eigenvalue weighted by atomic mass is 127. The van der Waals surface area contributed by atoms with Crippen molar-refractivity contribution < 1.29 is 4.74 Å². The van der Waals surface area contributed by atoms with E-state index < -0.39 is 0 Å². The summed E-state index contributed by atoms with van der Waals surface area (Å²) in [5.41, 5.74) is 6.82. The third-order valence-corrected chi connectivity index (χ3v) is 4.05. The summed E-state index contributed by atoms with van der Waals surface area (Å²) in [4.78, 5) is 6.78. The Hall–Kier alpha value is -1.02. The van der Waals surface area contributed by atoms with E-state index in [-0.39, 0.29) is 24.0 Å². The summed E-state index contributed by atoms with van der Waals surface area (Å²) >= 11 is 0. The average molecular weight is 418 g/mol. The first-order valence-electron chi connectivity index (χ1n) is 7.60. The van der Waals surface area contributed by atoms with Gasteiger partial charge in [-0.15, -0.1) is 24.0 Å². The standard InChI is InChI=1S/C16H26N4O.HI/c1-20(14-5-3-4-6-14)12-11-18-16(17)19-13-7-9-15(21-2)10-8-13;/h7-10,14H,3-6,11-12H2,1-2H3,(H3,17,18,19);1H. The molecule has 2 rings (SSSR count). The van der Waals surface area contributed by atoms with E-state index in [0.29, 0.717) is 5.96 Å². The zero-order valence-electron chi connectivity index (χ0n) is 13.4. The molecule has 22 heavy (non-hydrogen) atoms. The van der Waals surface area contributed by atoms with E-state index >= 15 is 0 Å². The van der Waals surface area contributed by atoms with Gasteiger partial charge in [-0.2, -0.15) is 0 Å². The molecule has 0 spiro atoms. The van der Waals surface area contributed by atoms with Gasteiger partial charge in [-0.25, -0.2) is 0 Å². The second-order valence-corrected chi connectivity index (χ2v) is 5.54. The molecule has 124 valence electrons. The third kappa shape index (κ3) is 6.00. The number of aliphatic imine (C=N–C) groups is 1. The van der Waals surface area contributed by atoms with E-state index in [1.807, 2.05) is 24.3 Å². The van der Waals surface area contributed by atoms with Crippen molar-refractivity contribution in [1.82, 2.24) is 4.90 Å². The molecule has 3 N–H and O–H groups in total. The zero-order valence-corrected chi connectivity index (χ0v) is 15.7. The molecule has 0 aliphatic heterocycles. The molecule has 1 fully saturated rings. The lowest BCUT2D eigenvalue weighted by molar-refractivity contribution is 0.252. The Morgan fingerprint density at radius 1 is 1.32 bits per heavy atom. The molecular weight excluding hydrogens is 391 g/mol. The van der Waals surface area contributed by atoms with Gasteiger partial charge in [-0.1, -0.05) is 12.8 Å². The maximum atomic E-state index is 5.91. The number of guanidine groups is 1. The fourth-order valence-corrected chi connectivity index (χ4v) is 2.72. The highest BCUT2D eigenvalue weighted by Gasteiger charge is 2.18. The lowest BCUT2D eigenvalue weighted by atomic mass is 10.2. The highest BCUT2D eigenvalue weighted by molar-refractivity contribution is 14.0. The van der Waals surface area contributed by atoms with Gasteiger partial charge in [0.2, 0.25) is 0 Å². The predicted molar refractivity (Wildman–Crippen MR) is 103 cm³/mol. The average Bonchev–Trinajstić information content (AvgIpc) is 3.02. The van der Waals surface area contributed by atoms with Crippen molar-refractivity contribution in [3.05, 3.63) is 24.3 Å². The summed E-state index contributed by atoms with van der Waals surface area (Å²) in [5, 5.41) is 3.09. The molecule has 1 aromatic rings. The van der Waals surface area contributed by atoms with Crippen molar-refractivity contribution in [2.75, 3.05) is 32.6 Å². The van der Waals surface area contributed by atoms with Crippen molar-refractivity contribution in [1.29, 1.82) is 0 Å². The minimum absolute atomic E-state index is 0. The second-order valence-electron chi connectivity index (χ2n) is 5.54. The van der Waals surface area contributed by atoms with Gasteiger partial charge in [0.1, 0.15) is 5.75 Å². The van der Waals surface area contributed by atoms with Crippen LogP contribution in [0, 0.1) is 0 Å². The molecule has 0 aromatic heterocycles. The van der Waals surface area contributed by atoms with Crippen LogP contribution in [0.4, 0.5) is 5.69 Å². The Labute approximate surface area is 150 Å². The monoisotopic (exact) mass is 418 g/mol.